The largest absolute Gasteiger partial charge is 0.465 e. The maximum Gasteiger partial charge on any atom is 0.339 e. The van der Waals surface area contributed by atoms with Crippen molar-refractivity contribution in [3.63, 3.8) is 0 Å². The first-order valence-electron chi connectivity index (χ1n) is 11.6. The van der Waals surface area contributed by atoms with Gasteiger partial charge in [-0.25, -0.2) is 26.0 Å². The van der Waals surface area contributed by atoms with Crippen molar-refractivity contribution in [3.8, 4) is 0 Å². The molecule has 4 rings (SSSR count). The molecule has 3 heterocycles. The van der Waals surface area contributed by atoms with E-state index in [2.05, 4.69) is 14.6 Å². The van der Waals surface area contributed by atoms with Gasteiger partial charge in [0.1, 0.15) is 5.82 Å². The number of carbonyl (C=O) groups is 1. The summed E-state index contributed by atoms with van der Waals surface area (Å²) in [6.45, 7) is 1.69. The Bertz CT molecular complexity index is 1360. The number of likely N-dealkylation sites (tertiary alicyclic amines) is 1. The number of anilines is 1. The van der Waals surface area contributed by atoms with Gasteiger partial charge in [-0.3, -0.25) is 14.2 Å². The molecule has 202 valence electrons. The van der Waals surface area contributed by atoms with Crippen LogP contribution in [0, 0.1) is 5.82 Å². The lowest BCUT2D eigenvalue weighted by molar-refractivity contribution is 0.0600. The number of rotatable bonds is 8. The van der Waals surface area contributed by atoms with Crippen molar-refractivity contribution in [3.05, 3.63) is 58.6 Å². The van der Waals surface area contributed by atoms with E-state index in [0.717, 1.165) is 6.07 Å². The summed E-state index contributed by atoms with van der Waals surface area (Å²) in [5.41, 5.74) is 0.809. The van der Waals surface area contributed by atoms with Crippen LogP contribution in [0.5, 0.6) is 0 Å². The number of benzene rings is 1. The first kappa shape index (κ1) is 27.7. The van der Waals surface area contributed by atoms with Gasteiger partial charge in [0.05, 0.1) is 47.1 Å². The summed E-state index contributed by atoms with van der Waals surface area (Å²) in [6.07, 6.45) is 3.20. The van der Waals surface area contributed by atoms with Crippen LogP contribution in [-0.2, 0) is 31.3 Å². The molecule has 0 unspecified atom stereocenters. The number of esters is 1. The molecule has 0 saturated carbocycles. The second kappa shape index (κ2) is 10.8. The topological polar surface area (TPSA) is 117 Å². The minimum absolute atomic E-state index is 0.0721. The quantitative estimate of drug-likeness (QED) is 0.440. The van der Waals surface area contributed by atoms with E-state index in [1.54, 1.807) is 0 Å². The number of methoxy groups -OCH3 is 1. The smallest absolute Gasteiger partial charge is 0.339 e. The van der Waals surface area contributed by atoms with E-state index >= 15 is 0 Å². The summed E-state index contributed by atoms with van der Waals surface area (Å²) in [6, 6.07) is 6.83. The van der Waals surface area contributed by atoms with Crippen LogP contribution in [0.25, 0.3) is 0 Å². The number of hydrogen-bond acceptors (Lipinski definition) is 8. The molecule has 1 aromatic heterocycles. The molecule has 2 aliphatic rings. The van der Waals surface area contributed by atoms with Gasteiger partial charge in [0.15, 0.2) is 0 Å². The first-order valence-corrected chi connectivity index (χ1v) is 15.3. The highest BCUT2D eigenvalue weighted by molar-refractivity contribution is 7.93. The molecule has 10 nitrogen and oxygen atoms in total. The number of piperidine rings is 1. The van der Waals surface area contributed by atoms with Gasteiger partial charge in [-0.2, -0.15) is 4.31 Å². The zero-order valence-electron chi connectivity index (χ0n) is 20.4. The molecule has 0 radical (unpaired) electrons. The number of nitrogens with zero attached hydrogens (tertiary/aromatic N) is 4. The first-order chi connectivity index (χ1) is 17.4. The van der Waals surface area contributed by atoms with Crippen molar-refractivity contribution in [2.45, 2.75) is 30.7 Å². The molecule has 37 heavy (non-hydrogen) atoms. The molecule has 0 aliphatic carbocycles. The highest BCUT2D eigenvalue weighted by Crippen LogP contribution is 2.31. The zero-order chi connectivity index (χ0) is 27.0. The summed E-state index contributed by atoms with van der Waals surface area (Å²) in [7, 11) is -5.89. The normalized spacial score (nSPS) is 18.4. The molecule has 2 fully saturated rings. The van der Waals surface area contributed by atoms with Crippen LogP contribution in [0.4, 0.5) is 10.1 Å². The number of hydrogen-bond donors (Lipinski definition) is 0. The van der Waals surface area contributed by atoms with Gasteiger partial charge < -0.3 is 4.74 Å². The summed E-state index contributed by atoms with van der Waals surface area (Å²) in [5.74, 6) is -1.23. The van der Waals surface area contributed by atoms with Gasteiger partial charge >= 0.3 is 5.97 Å². The molecule has 0 bridgehead atoms. The Morgan fingerprint density at radius 3 is 2.38 bits per heavy atom. The average molecular weight is 575 g/mol. The molecule has 0 amide bonds. The Balaban J connectivity index is 1.52. The summed E-state index contributed by atoms with van der Waals surface area (Å²) >= 11 is 5.97. The number of sulfonamides is 2. The zero-order valence-corrected chi connectivity index (χ0v) is 22.8. The molecule has 2 saturated heterocycles. The minimum atomic E-state index is -3.92. The lowest BCUT2D eigenvalue weighted by atomic mass is 10.0. The summed E-state index contributed by atoms with van der Waals surface area (Å²) in [4.78, 5) is 18.1. The van der Waals surface area contributed by atoms with Gasteiger partial charge in [0, 0.05) is 25.3 Å². The van der Waals surface area contributed by atoms with Gasteiger partial charge in [-0.1, -0.05) is 11.6 Å². The van der Waals surface area contributed by atoms with Gasteiger partial charge in [0.25, 0.3) is 0 Å². The van der Waals surface area contributed by atoms with E-state index in [9.17, 15) is 26.0 Å². The van der Waals surface area contributed by atoms with Crippen LogP contribution in [0.1, 0.15) is 28.9 Å². The van der Waals surface area contributed by atoms with Crippen LogP contribution in [-0.4, -0.2) is 87.8 Å². The number of carbonyl (C=O) groups excluding carboxylic acids is 1. The van der Waals surface area contributed by atoms with Crippen LogP contribution in [0.3, 0.4) is 0 Å². The average Bonchev–Trinajstić information content (AvgIpc) is 2.82. The minimum Gasteiger partial charge on any atom is -0.465 e. The number of aromatic nitrogens is 1. The van der Waals surface area contributed by atoms with Crippen molar-refractivity contribution < 1.29 is 30.8 Å². The van der Waals surface area contributed by atoms with Crippen LogP contribution >= 0.6 is 11.6 Å². The molecule has 2 aromatic rings. The third kappa shape index (κ3) is 6.06. The molecule has 1 aromatic carbocycles. The number of pyridine rings is 1. The SMILES string of the molecule is COC(=O)c1ccc(CN(c2ccc(F)c(Cl)c2)S(=O)(=O)C2CCN(C3CN(S(C)(=O)=O)C3)CC2)nc1. The number of ether oxygens (including phenoxy) is 1. The van der Waals surface area contributed by atoms with E-state index in [0.29, 0.717) is 44.7 Å². The van der Waals surface area contributed by atoms with Crippen LogP contribution < -0.4 is 4.31 Å². The standard InChI is InChI=1S/C23H28ClFN4O6S2/c1-35-23(30)16-3-4-17(26-12-16)13-29(18-5-6-22(25)21(24)11-18)37(33,34)20-7-9-27(10-8-20)19-14-28(15-19)36(2,31)32/h3-6,11-12,19-20H,7-10,13-15H2,1-2H3. The van der Waals surface area contributed by atoms with Crippen molar-refractivity contribution in [1.29, 1.82) is 0 Å². The molecule has 0 spiro atoms. The van der Waals surface area contributed by atoms with Gasteiger partial charge in [-0.05, 0) is 56.3 Å². The van der Waals surface area contributed by atoms with Crippen molar-refractivity contribution in [2.24, 2.45) is 0 Å². The van der Waals surface area contributed by atoms with Crippen LogP contribution in [0.15, 0.2) is 36.5 Å². The molecule has 0 atom stereocenters. The van der Waals surface area contributed by atoms with E-state index in [4.69, 9.17) is 11.6 Å². The van der Waals surface area contributed by atoms with E-state index in [-0.39, 0.29) is 28.9 Å². The third-order valence-electron chi connectivity index (χ3n) is 6.76. The highest BCUT2D eigenvalue weighted by Gasteiger charge is 2.41. The fraction of sp³-hybridized carbons (Fsp3) is 0.478. The molecular weight excluding hydrogens is 547 g/mol. The Labute approximate surface area is 221 Å². The molecule has 2 aliphatic heterocycles. The second-order valence-electron chi connectivity index (χ2n) is 9.15. The Morgan fingerprint density at radius 1 is 1.16 bits per heavy atom. The molecule has 14 heteroatoms. The Kier molecular flexibility index (Phi) is 8.10. The van der Waals surface area contributed by atoms with E-state index < -0.39 is 37.1 Å². The maximum atomic E-state index is 13.9. The fourth-order valence-electron chi connectivity index (χ4n) is 4.51. The molecule has 0 N–H and O–H groups in total. The van der Waals surface area contributed by atoms with Crippen molar-refractivity contribution >= 4 is 43.3 Å². The van der Waals surface area contributed by atoms with Crippen molar-refractivity contribution in [2.75, 3.05) is 43.8 Å². The maximum absolute atomic E-state index is 13.9. The summed E-state index contributed by atoms with van der Waals surface area (Å²) in [5, 5.41) is -0.907. The second-order valence-corrected chi connectivity index (χ2v) is 13.7. The molecular formula is C23H28ClFN4O6S2. The lowest BCUT2D eigenvalue weighted by Crippen LogP contribution is -2.62. The fourth-order valence-corrected chi connectivity index (χ4v) is 7.46. The predicted octanol–water partition coefficient (Wildman–Crippen LogP) is 2.11. The lowest BCUT2D eigenvalue weighted by Gasteiger charge is -2.46. The van der Waals surface area contributed by atoms with E-state index in [1.165, 1.54) is 52.4 Å². The monoisotopic (exact) mass is 574 g/mol. The van der Waals surface area contributed by atoms with Gasteiger partial charge in [-0.15, -0.1) is 0 Å². The highest BCUT2D eigenvalue weighted by atomic mass is 35.5. The Hall–Kier alpha value is -2.32. The predicted molar refractivity (Wildman–Crippen MR) is 137 cm³/mol. The third-order valence-corrected chi connectivity index (χ3v) is 10.6. The number of halogens is 2. The van der Waals surface area contributed by atoms with Gasteiger partial charge in [0.2, 0.25) is 20.0 Å². The van der Waals surface area contributed by atoms with E-state index in [1.807, 2.05) is 0 Å². The summed E-state index contributed by atoms with van der Waals surface area (Å²) < 4.78 is 72.1. The Morgan fingerprint density at radius 2 is 1.84 bits per heavy atom. The van der Waals surface area contributed by atoms with Crippen molar-refractivity contribution in [1.82, 2.24) is 14.2 Å². The van der Waals surface area contributed by atoms with Crippen LogP contribution in [0.2, 0.25) is 5.02 Å².